The third-order valence-corrected chi connectivity index (χ3v) is 2.68. The fraction of sp³-hybridized carbons (Fsp3) is 0.385. The highest BCUT2D eigenvalue weighted by Crippen LogP contribution is 2.16. The van der Waals surface area contributed by atoms with Gasteiger partial charge in [0.25, 0.3) is 0 Å². The van der Waals surface area contributed by atoms with Crippen LogP contribution in [0.3, 0.4) is 0 Å². The number of ether oxygens (including phenoxy) is 1. The lowest BCUT2D eigenvalue weighted by atomic mass is 10.1. The van der Waals surface area contributed by atoms with Gasteiger partial charge in [-0.05, 0) is 30.2 Å². The van der Waals surface area contributed by atoms with Gasteiger partial charge in [-0.3, -0.25) is 0 Å². The minimum Gasteiger partial charge on any atom is -0.497 e. The molecule has 0 saturated heterocycles. The predicted octanol–water partition coefficient (Wildman–Crippen LogP) is 3.68. The van der Waals surface area contributed by atoms with Crippen molar-refractivity contribution in [1.82, 2.24) is 0 Å². The van der Waals surface area contributed by atoms with E-state index in [9.17, 15) is 0 Å². The summed E-state index contributed by atoms with van der Waals surface area (Å²) in [5, 5.41) is 3.18. The first kappa shape index (κ1) is 13.0. The lowest BCUT2D eigenvalue weighted by Gasteiger charge is -2.11. The van der Waals surface area contributed by atoms with Gasteiger partial charge in [-0.15, -0.1) is 0 Å². The normalized spacial score (nSPS) is 11.9. The van der Waals surface area contributed by atoms with Crippen molar-refractivity contribution in [2.24, 2.45) is 5.92 Å². The van der Waals surface area contributed by atoms with E-state index in [0.29, 0.717) is 5.92 Å². The smallest absolute Gasteiger partial charge is 0.119 e. The van der Waals surface area contributed by atoms with Gasteiger partial charge >= 0.3 is 0 Å². The van der Waals surface area contributed by atoms with Crippen molar-refractivity contribution < 1.29 is 4.74 Å². The average Bonchev–Trinajstić information content (AvgIpc) is 2.29. The van der Waals surface area contributed by atoms with Crippen LogP contribution in [0.2, 0.25) is 0 Å². The van der Waals surface area contributed by atoms with E-state index < -0.39 is 0 Å². The van der Waals surface area contributed by atoms with Crippen molar-refractivity contribution in [3.8, 4) is 5.75 Å². The van der Waals surface area contributed by atoms with Crippen LogP contribution >= 0.6 is 12.2 Å². The van der Waals surface area contributed by atoms with Gasteiger partial charge < -0.3 is 10.1 Å². The molecule has 0 heterocycles. The number of thiocarbonyl (C=S) groups is 1. The SMILES string of the molecule is CC[C@@H](C)[CH]C(=S)Nc1ccc(OC)cc1. The zero-order chi connectivity index (χ0) is 12.0. The van der Waals surface area contributed by atoms with Crippen LogP contribution in [0.25, 0.3) is 0 Å². The molecule has 16 heavy (non-hydrogen) atoms. The van der Waals surface area contributed by atoms with Crippen LogP contribution in [0.4, 0.5) is 5.69 Å². The van der Waals surface area contributed by atoms with Gasteiger partial charge in [-0.2, -0.15) is 0 Å². The zero-order valence-electron chi connectivity index (χ0n) is 9.99. The molecule has 0 aliphatic rings. The molecule has 1 radical (unpaired) electrons. The molecule has 1 aromatic carbocycles. The molecule has 2 nitrogen and oxygen atoms in total. The monoisotopic (exact) mass is 236 g/mol. The zero-order valence-corrected chi connectivity index (χ0v) is 10.8. The summed E-state index contributed by atoms with van der Waals surface area (Å²) in [5.41, 5.74) is 0.991. The first-order chi connectivity index (χ1) is 7.65. The quantitative estimate of drug-likeness (QED) is 0.788. The number of rotatable bonds is 5. The molecule has 3 heteroatoms. The third kappa shape index (κ3) is 4.19. The molecule has 0 unspecified atom stereocenters. The number of hydrogen-bond donors (Lipinski definition) is 1. The molecule has 0 aromatic heterocycles. The molecule has 0 fully saturated rings. The van der Waals surface area contributed by atoms with E-state index in [-0.39, 0.29) is 0 Å². The number of benzene rings is 1. The number of anilines is 1. The van der Waals surface area contributed by atoms with Crippen LogP contribution < -0.4 is 10.1 Å². The fourth-order valence-electron chi connectivity index (χ4n) is 1.23. The Morgan fingerprint density at radius 1 is 1.44 bits per heavy atom. The van der Waals surface area contributed by atoms with E-state index in [0.717, 1.165) is 22.8 Å². The summed E-state index contributed by atoms with van der Waals surface area (Å²) < 4.78 is 5.09. The van der Waals surface area contributed by atoms with Gasteiger partial charge in [0.2, 0.25) is 0 Å². The van der Waals surface area contributed by atoms with Crippen LogP contribution in [0.15, 0.2) is 24.3 Å². The van der Waals surface area contributed by atoms with E-state index in [2.05, 4.69) is 25.6 Å². The summed E-state index contributed by atoms with van der Waals surface area (Å²) >= 11 is 5.24. The minimum absolute atomic E-state index is 0.512. The van der Waals surface area contributed by atoms with E-state index >= 15 is 0 Å². The second kappa shape index (κ2) is 6.48. The van der Waals surface area contributed by atoms with Gasteiger partial charge in [0, 0.05) is 12.1 Å². The molecule has 87 valence electrons. The van der Waals surface area contributed by atoms with Crippen LogP contribution in [0, 0.1) is 12.3 Å². The van der Waals surface area contributed by atoms with Crippen LogP contribution in [0.1, 0.15) is 20.3 Å². The third-order valence-electron chi connectivity index (χ3n) is 2.44. The van der Waals surface area contributed by atoms with Crippen LogP contribution in [0.5, 0.6) is 5.75 Å². The molecular formula is C13H18NOS. The molecular weight excluding hydrogens is 218 g/mol. The van der Waals surface area contributed by atoms with Gasteiger partial charge in [-0.25, -0.2) is 0 Å². The first-order valence-corrected chi connectivity index (χ1v) is 5.86. The van der Waals surface area contributed by atoms with Gasteiger partial charge in [0.15, 0.2) is 0 Å². The Hall–Kier alpha value is -1.09. The first-order valence-electron chi connectivity index (χ1n) is 5.45. The molecule has 0 bridgehead atoms. The highest BCUT2D eigenvalue weighted by atomic mass is 32.1. The molecule has 0 amide bonds. The predicted molar refractivity (Wildman–Crippen MR) is 73.0 cm³/mol. The van der Waals surface area contributed by atoms with Crippen molar-refractivity contribution in [3.63, 3.8) is 0 Å². The molecule has 0 aliphatic carbocycles. The Bertz CT molecular complexity index is 334. The Kier molecular flexibility index (Phi) is 5.26. The number of methoxy groups -OCH3 is 1. The Labute approximate surface area is 103 Å². The molecule has 0 aliphatic heterocycles. The second-order valence-electron chi connectivity index (χ2n) is 3.77. The topological polar surface area (TPSA) is 21.3 Å². The molecule has 1 atom stereocenters. The van der Waals surface area contributed by atoms with Gasteiger partial charge in [0.05, 0.1) is 12.1 Å². The lowest BCUT2D eigenvalue weighted by molar-refractivity contribution is 0.415. The van der Waals surface area contributed by atoms with Gasteiger partial charge in [-0.1, -0.05) is 32.5 Å². The van der Waals surface area contributed by atoms with Crippen molar-refractivity contribution >= 4 is 22.9 Å². The van der Waals surface area contributed by atoms with E-state index in [4.69, 9.17) is 17.0 Å². The maximum Gasteiger partial charge on any atom is 0.119 e. The van der Waals surface area contributed by atoms with Crippen molar-refractivity contribution in [2.75, 3.05) is 12.4 Å². The largest absolute Gasteiger partial charge is 0.497 e. The lowest BCUT2D eigenvalue weighted by Crippen LogP contribution is -2.13. The van der Waals surface area contributed by atoms with Crippen molar-refractivity contribution in [2.45, 2.75) is 20.3 Å². The molecule has 1 rings (SSSR count). The Morgan fingerprint density at radius 3 is 2.56 bits per heavy atom. The standard InChI is InChI=1S/C13H18NOS/c1-4-10(2)9-13(16)14-11-5-7-12(15-3)8-6-11/h5-10H,4H2,1-3H3,(H,14,16)/t10-/m1/s1. The van der Waals surface area contributed by atoms with Crippen molar-refractivity contribution in [3.05, 3.63) is 30.7 Å². The number of nitrogens with one attached hydrogen (secondary N) is 1. The minimum atomic E-state index is 0.512. The summed E-state index contributed by atoms with van der Waals surface area (Å²) in [7, 11) is 1.66. The molecule has 0 spiro atoms. The summed E-state index contributed by atoms with van der Waals surface area (Å²) in [6, 6.07) is 7.73. The van der Waals surface area contributed by atoms with E-state index in [1.165, 1.54) is 0 Å². The summed E-state index contributed by atoms with van der Waals surface area (Å²) in [6.07, 6.45) is 3.17. The molecule has 1 N–H and O–H groups in total. The average molecular weight is 236 g/mol. The summed E-state index contributed by atoms with van der Waals surface area (Å²) in [6.45, 7) is 4.30. The maximum absolute atomic E-state index is 5.24. The second-order valence-corrected chi connectivity index (χ2v) is 4.21. The van der Waals surface area contributed by atoms with E-state index in [1.807, 2.05) is 24.3 Å². The Morgan fingerprint density at radius 2 is 2.06 bits per heavy atom. The van der Waals surface area contributed by atoms with E-state index in [1.54, 1.807) is 7.11 Å². The number of hydrogen-bond acceptors (Lipinski definition) is 2. The Balaban J connectivity index is 2.49. The highest BCUT2D eigenvalue weighted by Gasteiger charge is 2.04. The highest BCUT2D eigenvalue weighted by molar-refractivity contribution is 7.80. The maximum atomic E-state index is 5.24. The fourth-order valence-corrected chi connectivity index (χ4v) is 1.58. The van der Waals surface area contributed by atoms with Crippen molar-refractivity contribution in [1.29, 1.82) is 0 Å². The summed E-state index contributed by atoms with van der Waals surface area (Å²) in [5.74, 6) is 1.36. The van der Waals surface area contributed by atoms with Gasteiger partial charge in [0.1, 0.15) is 5.75 Å². The molecule has 1 aromatic rings. The summed E-state index contributed by atoms with van der Waals surface area (Å²) in [4.78, 5) is 0.777. The van der Waals surface area contributed by atoms with Crippen LogP contribution in [-0.4, -0.2) is 12.1 Å². The van der Waals surface area contributed by atoms with Crippen LogP contribution in [-0.2, 0) is 0 Å². The molecule has 0 saturated carbocycles.